The maximum absolute atomic E-state index is 11.8. The van der Waals surface area contributed by atoms with Crippen molar-refractivity contribution in [1.29, 1.82) is 0 Å². The number of hydrogen-bond acceptors (Lipinski definition) is 1. The van der Waals surface area contributed by atoms with E-state index in [1.165, 1.54) is 30.4 Å². The average molecular weight is 216 g/mol. The van der Waals surface area contributed by atoms with Gasteiger partial charge in [0.15, 0.2) is 0 Å². The number of benzene rings is 1. The molecule has 1 aliphatic rings. The third kappa shape index (κ3) is 2.34. The third-order valence-electron chi connectivity index (χ3n) is 3.59. The Morgan fingerprint density at radius 2 is 2.12 bits per heavy atom. The second-order valence-corrected chi connectivity index (χ2v) is 5.11. The van der Waals surface area contributed by atoms with Crippen LogP contribution in [0.15, 0.2) is 24.3 Å². The lowest BCUT2D eigenvalue weighted by atomic mass is 9.79. The molecule has 0 bridgehead atoms. The van der Waals surface area contributed by atoms with Crippen molar-refractivity contribution in [2.24, 2.45) is 5.92 Å². The fourth-order valence-electron chi connectivity index (χ4n) is 2.55. The molecule has 0 saturated heterocycles. The Morgan fingerprint density at radius 3 is 2.88 bits per heavy atom. The summed E-state index contributed by atoms with van der Waals surface area (Å²) >= 11 is 0. The molecule has 1 aromatic carbocycles. The molecular formula is C15H20O. The predicted molar refractivity (Wildman–Crippen MR) is 66.6 cm³/mol. The summed E-state index contributed by atoms with van der Waals surface area (Å²) in [5, 5.41) is 0. The van der Waals surface area contributed by atoms with Crippen LogP contribution >= 0.6 is 0 Å². The van der Waals surface area contributed by atoms with E-state index in [1.54, 1.807) is 0 Å². The first kappa shape index (κ1) is 11.4. The van der Waals surface area contributed by atoms with E-state index in [1.807, 2.05) is 13.8 Å². The predicted octanol–water partition coefficient (Wildman–Crippen LogP) is 3.72. The summed E-state index contributed by atoms with van der Waals surface area (Å²) in [7, 11) is 0. The van der Waals surface area contributed by atoms with Gasteiger partial charge >= 0.3 is 0 Å². The summed E-state index contributed by atoms with van der Waals surface area (Å²) in [6.45, 7) is 3.99. The van der Waals surface area contributed by atoms with E-state index in [-0.39, 0.29) is 5.92 Å². The number of fused-ring (bicyclic) bond motifs is 1. The summed E-state index contributed by atoms with van der Waals surface area (Å²) in [6, 6.07) is 8.61. The molecule has 0 amide bonds. The lowest BCUT2D eigenvalue weighted by molar-refractivity contribution is -0.122. The van der Waals surface area contributed by atoms with Gasteiger partial charge in [-0.25, -0.2) is 0 Å². The maximum atomic E-state index is 11.8. The number of carbonyl (C=O) groups excluding carboxylic acids is 1. The first-order valence-corrected chi connectivity index (χ1v) is 6.29. The summed E-state index contributed by atoms with van der Waals surface area (Å²) in [5.41, 5.74) is 2.87. The molecular weight excluding hydrogens is 196 g/mol. The Balaban J connectivity index is 2.16. The van der Waals surface area contributed by atoms with Gasteiger partial charge in [0.25, 0.3) is 0 Å². The Kier molecular flexibility index (Phi) is 3.42. The van der Waals surface area contributed by atoms with Crippen LogP contribution in [0.25, 0.3) is 0 Å². The number of carbonyl (C=O) groups is 1. The highest BCUT2D eigenvalue weighted by molar-refractivity contribution is 5.81. The number of ketones is 1. The van der Waals surface area contributed by atoms with Gasteiger partial charge in [-0.3, -0.25) is 4.79 Å². The quantitative estimate of drug-likeness (QED) is 0.752. The standard InChI is InChI=1S/C15H20O/c1-11(2)15(16)10-13-8-5-7-12-6-3-4-9-14(12)13/h3-4,6,9,11,13H,5,7-8,10H2,1-2H3. The Bertz CT molecular complexity index is 379. The monoisotopic (exact) mass is 216 g/mol. The molecule has 0 heterocycles. The van der Waals surface area contributed by atoms with Crippen molar-refractivity contribution >= 4 is 5.78 Å². The van der Waals surface area contributed by atoms with Crippen LogP contribution in [-0.2, 0) is 11.2 Å². The number of Topliss-reactive ketones (excluding diaryl/α,β-unsaturated/α-hetero) is 1. The SMILES string of the molecule is CC(C)C(=O)CC1CCCc2ccccc21. The van der Waals surface area contributed by atoms with Gasteiger partial charge < -0.3 is 0 Å². The van der Waals surface area contributed by atoms with Crippen LogP contribution in [-0.4, -0.2) is 5.78 Å². The lowest BCUT2D eigenvalue weighted by Crippen LogP contribution is -2.16. The van der Waals surface area contributed by atoms with E-state index in [0.717, 1.165) is 6.42 Å². The van der Waals surface area contributed by atoms with Crippen LogP contribution < -0.4 is 0 Å². The van der Waals surface area contributed by atoms with Crippen LogP contribution in [0.3, 0.4) is 0 Å². The van der Waals surface area contributed by atoms with Gasteiger partial charge in [-0.05, 0) is 36.3 Å². The van der Waals surface area contributed by atoms with E-state index < -0.39 is 0 Å². The van der Waals surface area contributed by atoms with E-state index in [2.05, 4.69) is 24.3 Å². The molecule has 1 nitrogen and oxygen atoms in total. The van der Waals surface area contributed by atoms with Crippen LogP contribution in [0.1, 0.15) is 50.2 Å². The van der Waals surface area contributed by atoms with Crippen molar-refractivity contribution in [3.63, 3.8) is 0 Å². The summed E-state index contributed by atoms with van der Waals surface area (Å²) in [5.74, 6) is 1.05. The van der Waals surface area contributed by atoms with Crippen LogP contribution in [0, 0.1) is 5.92 Å². The average Bonchev–Trinajstić information content (AvgIpc) is 2.29. The van der Waals surface area contributed by atoms with E-state index in [9.17, 15) is 4.79 Å². The summed E-state index contributed by atoms with van der Waals surface area (Å²) in [6.07, 6.45) is 4.32. The molecule has 0 N–H and O–H groups in total. The van der Waals surface area contributed by atoms with Crippen molar-refractivity contribution in [3.8, 4) is 0 Å². The lowest BCUT2D eigenvalue weighted by Gasteiger charge is -2.25. The first-order valence-electron chi connectivity index (χ1n) is 6.29. The molecule has 0 aromatic heterocycles. The molecule has 0 radical (unpaired) electrons. The number of aryl methyl sites for hydroxylation is 1. The molecule has 1 aliphatic carbocycles. The fourth-order valence-corrected chi connectivity index (χ4v) is 2.55. The van der Waals surface area contributed by atoms with Gasteiger partial charge in [0.1, 0.15) is 5.78 Å². The number of rotatable bonds is 3. The van der Waals surface area contributed by atoms with Crippen molar-refractivity contribution in [1.82, 2.24) is 0 Å². The Hall–Kier alpha value is -1.11. The zero-order chi connectivity index (χ0) is 11.5. The van der Waals surface area contributed by atoms with Crippen molar-refractivity contribution in [3.05, 3.63) is 35.4 Å². The van der Waals surface area contributed by atoms with Crippen molar-refractivity contribution < 1.29 is 4.79 Å². The minimum absolute atomic E-state index is 0.175. The van der Waals surface area contributed by atoms with Gasteiger partial charge in [-0.2, -0.15) is 0 Å². The molecule has 1 heteroatoms. The van der Waals surface area contributed by atoms with Gasteiger partial charge in [0, 0.05) is 12.3 Å². The highest BCUT2D eigenvalue weighted by Gasteiger charge is 2.22. The largest absolute Gasteiger partial charge is 0.299 e. The second kappa shape index (κ2) is 4.82. The Morgan fingerprint density at radius 1 is 1.38 bits per heavy atom. The topological polar surface area (TPSA) is 17.1 Å². The molecule has 1 unspecified atom stereocenters. The minimum atomic E-state index is 0.175. The molecule has 86 valence electrons. The molecule has 0 aliphatic heterocycles. The second-order valence-electron chi connectivity index (χ2n) is 5.11. The zero-order valence-electron chi connectivity index (χ0n) is 10.2. The van der Waals surface area contributed by atoms with Crippen molar-refractivity contribution in [2.75, 3.05) is 0 Å². The van der Waals surface area contributed by atoms with Crippen LogP contribution in [0.2, 0.25) is 0 Å². The van der Waals surface area contributed by atoms with Crippen LogP contribution in [0.5, 0.6) is 0 Å². The molecule has 1 aromatic rings. The van der Waals surface area contributed by atoms with Gasteiger partial charge in [-0.1, -0.05) is 38.1 Å². The van der Waals surface area contributed by atoms with Crippen molar-refractivity contribution in [2.45, 2.75) is 45.4 Å². The minimum Gasteiger partial charge on any atom is -0.299 e. The fraction of sp³-hybridized carbons (Fsp3) is 0.533. The Labute approximate surface area is 97.9 Å². The number of hydrogen-bond donors (Lipinski definition) is 0. The molecule has 0 saturated carbocycles. The van der Waals surface area contributed by atoms with E-state index >= 15 is 0 Å². The normalized spacial score (nSPS) is 19.6. The summed E-state index contributed by atoms with van der Waals surface area (Å²) in [4.78, 5) is 11.8. The molecule has 0 spiro atoms. The van der Waals surface area contributed by atoms with Gasteiger partial charge in [-0.15, -0.1) is 0 Å². The zero-order valence-corrected chi connectivity index (χ0v) is 10.2. The molecule has 16 heavy (non-hydrogen) atoms. The van der Waals surface area contributed by atoms with Gasteiger partial charge in [0.2, 0.25) is 0 Å². The van der Waals surface area contributed by atoms with Crippen LogP contribution in [0.4, 0.5) is 0 Å². The molecule has 1 atom stereocenters. The smallest absolute Gasteiger partial charge is 0.136 e. The molecule has 2 rings (SSSR count). The highest BCUT2D eigenvalue weighted by Crippen LogP contribution is 2.34. The molecule has 0 fully saturated rings. The first-order chi connectivity index (χ1) is 7.68. The highest BCUT2D eigenvalue weighted by atomic mass is 16.1. The summed E-state index contributed by atoms with van der Waals surface area (Å²) < 4.78 is 0. The van der Waals surface area contributed by atoms with E-state index in [0.29, 0.717) is 11.7 Å². The van der Waals surface area contributed by atoms with Gasteiger partial charge in [0.05, 0.1) is 0 Å². The third-order valence-corrected chi connectivity index (χ3v) is 3.59. The van der Waals surface area contributed by atoms with E-state index in [4.69, 9.17) is 0 Å². The maximum Gasteiger partial charge on any atom is 0.136 e.